The number of nitrogens with one attached hydrogen (secondary N) is 1. The highest BCUT2D eigenvalue weighted by Gasteiger charge is 2.23. The predicted molar refractivity (Wildman–Crippen MR) is 91.8 cm³/mol. The number of rotatable bonds is 5. The minimum absolute atomic E-state index is 0.233. The number of likely N-dealkylation sites (tertiary alicyclic amines) is 1. The molecule has 0 bridgehead atoms. The summed E-state index contributed by atoms with van der Waals surface area (Å²) in [7, 11) is 2.08. The Morgan fingerprint density at radius 3 is 2.38 bits per heavy atom. The predicted octanol–water partition coefficient (Wildman–Crippen LogP) is 3.98. The Bertz CT molecular complexity index is 430. The van der Waals surface area contributed by atoms with Crippen LogP contribution in [0.4, 0.5) is 0 Å². The summed E-state index contributed by atoms with van der Waals surface area (Å²) in [6.45, 7) is 12.8. The molecule has 0 radical (unpaired) electrons. The molecule has 1 aliphatic heterocycles. The lowest BCUT2D eigenvalue weighted by molar-refractivity contribution is 0.287. The Kier molecular flexibility index (Phi) is 5.45. The normalized spacial score (nSPS) is 21.7. The van der Waals surface area contributed by atoms with Crippen molar-refractivity contribution in [3.8, 4) is 0 Å². The van der Waals surface area contributed by atoms with Crippen molar-refractivity contribution in [3.05, 3.63) is 35.4 Å². The largest absolute Gasteiger partial charge is 0.312 e. The number of hydrogen-bond acceptors (Lipinski definition) is 2. The van der Waals surface area contributed by atoms with Crippen LogP contribution in [-0.4, -0.2) is 31.6 Å². The minimum atomic E-state index is 0.233. The molecule has 1 heterocycles. The van der Waals surface area contributed by atoms with E-state index in [0.29, 0.717) is 6.04 Å². The molecule has 1 saturated heterocycles. The van der Waals surface area contributed by atoms with Gasteiger partial charge >= 0.3 is 0 Å². The van der Waals surface area contributed by atoms with Crippen LogP contribution < -0.4 is 5.32 Å². The maximum atomic E-state index is 3.49. The first-order valence-electron chi connectivity index (χ1n) is 8.44. The molecule has 1 N–H and O–H groups in total. The molecule has 0 aromatic heterocycles. The van der Waals surface area contributed by atoms with Crippen molar-refractivity contribution in [3.63, 3.8) is 0 Å². The second-order valence-corrected chi connectivity index (χ2v) is 7.54. The topological polar surface area (TPSA) is 15.3 Å². The summed E-state index contributed by atoms with van der Waals surface area (Å²) in [4.78, 5) is 2.62. The average Bonchev–Trinajstić information content (AvgIpc) is 2.92. The van der Waals surface area contributed by atoms with Crippen LogP contribution in [-0.2, 0) is 5.41 Å². The highest BCUT2D eigenvalue weighted by atomic mass is 15.2. The van der Waals surface area contributed by atoms with Gasteiger partial charge in [-0.25, -0.2) is 0 Å². The van der Waals surface area contributed by atoms with Crippen molar-refractivity contribution in [2.24, 2.45) is 5.92 Å². The molecular weight excluding hydrogens is 256 g/mol. The molecule has 2 nitrogen and oxygen atoms in total. The van der Waals surface area contributed by atoms with E-state index in [4.69, 9.17) is 0 Å². The van der Waals surface area contributed by atoms with Crippen LogP contribution in [0.1, 0.15) is 57.7 Å². The van der Waals surface area contributed by atoms with Crippen LogP contribution in [0, 0.1) is 5.92 Å². The standard InChI is InChI=1S/C19H32N2/c1-6-15-11-12-21(13-15)14-18(20-5)16-7-9-17(10-8-16)19(2,3)4/h7-10,15,18,20H,6,11-14H2,1-5H3. The first-order chi connectivity index (χ1) is 9.94. The van der Waals surface area contributed by atoms with E-state index in [0.717, 1.165) is 12.5 Å². The van der Waals surface area contributed by atoms with Gasteiger partial charge in [0.25, 0.3) is 0 Å². The Morgan fingerprint density at radius 1 is 1.24 bits per heavy atom. The van der Waals surface area contributed by atoms with Crippen molar-refractivity contribution in [1.82, 2.24) is 10.2 Å². The maximum absolute atomic E-state index is 3.49. The van der Waals surface area contributed by atoms with E-state index in [-0.39, 0.29) is 5.41 Å². The van der Waals surface area contributed by atoms with E-state index in [1.165, 1.54) is 37.1 Å². The second kappa shape index (κ2) is 6.93. The fourth-order valence-electron chi connectivity index (χ4n) is 3.25. The molecule has 21 heavy (non-hydrogen) atoms. The zero-order chi connectivity index (χ0) is 15.5. The van der Waals surface area contributed by atoms with Crippen LogP contribution in [0.3, 0.4) is 0 Å². The number of nitrogens with zero attached hydrogens (tertiary/aromatic N) is 1. The minimum Gasteiger partial charge on any atom is -0.312 e. The molecule has 2 unspecified atom stereocenters. The molecule has 2 heteroatoms. The highest BCUT2D eigenvalue weighted by Crippen LogP contribution is 2.26. The molecule has 1 fully saturated rings. The highest BCUT2D eigenvalue weighted by molar-refractivity contribution is 5.29. The van der Waals surface area contributed by atoms with Gasteiger partial charge in [0, 0.05) is 19.1 Å². The lowest BCUT2D eigenvalue weighted by Gasteiger charge is -2.25. The van der Waals surface area contributed by atoms with Crippen molar-refractivity contribution < 1.29 is 0 Å². The summed E-state index contributed by atoms with van der Waals surface area (Å²) in [6.07, 6.45) is 2.69. The molecule has 1 aliphatic rings. The van der Waals surface area contributed by atoms with Gasteiger partial charge in [-0.05, 0) is 42.5 Å². The van der Waals surface area contributed by atoms with Gasteiger partial charge in [-0.15, -0.1) is 0 Å². The van der Waals surface area contributed by atoms with Crippen molar-refractivity contribution in [2.75, 3.05) is 26.7 Å². The van der Waals surface area contributed by atoms with Crippen LogP contribution in [0.5, 0.6) is 0 Å². The van der Waals surface area contributed by atoms with Gasteiger partial charge in [0.05, 0.1) is 0 Å². The van der Waals surface area contributed by atoms with Crippen LogP contribution in [0.2, 0.25) is 0 Å². The number of benzene rings is 1. The fourth-order valence-corrected chi connectivity index (χ4v) is 3.25. The van der Waals surface area contributed by atoms with Gasteiger partial charge in [0.2, 0.25) is 0 Å². The summed E-state index contributed by atoms with van der Waals surface area (Å²) < 4.78 is 0. The zero-order valence-corrected chi connectivity index (χ0v) is 14.4. The Labute approximate surface area is 130 Å². The van der Waals surface area contributed by atoms with Gasteiger partial charge in [0.15, 0.2) is 0 Å². The molecule has 0 aliphatic carbocycles. The summed E-state index contributed by atoms with van der Waals surface area (Å²) in [5.41, 5.74) is 3.05. The molecule has 1 aromatic carbocycles. The van der Waals surface area contributed by atoms with E-state index >= 15 is 0 Å². The van der Waals surface area contributed by atoms with Gasteiger partial charge in [-0.1, -0.05) is 58.4 Å². The van der Waals surface area contributed by atoms with Gasteiger partial charge in [-0.2, -0.15) is 0 Å². The third-order valence-corrected chi connectivity index (χ3v) is 4.92. The van der Waals surface area contributed by atoms with Gasteiger partial charge in [-0.3, -0.25) is 0 Å². The smallest absolute Gasteiger partial charge is 0.0446 e. The molecular formula is C19H32N2. The monoisotopic (exact) mass is 288 g/mol. The Balaban J connectivity index is 2.01. The molecule has 0 amide bonds. The van der Waals surface area contributed by atoms with E-state index in [9.17, 15) is 0 Å². The quantitative estimate of drug-likeness (QED) is 0.881. The lowest BCUT2D eigenvalue weighted by atomic mass is 9.86. The van der Waals surface area contributed by atoms with Gasteiger partial charge in [0.1, 0.15) is 0 Å². The first-order valence-corrected chi connectivity index (χ1v) is 8.44. The Hall–Kier alpha value is -0.860. The molecule has 2 rings (SSSR count). The second-order valence-electron chi connectivity index (χ2n) is 7.54. The van der Waals surface area contributed by atoms with Gasteiger partial charge < -0.3 is 10.2 Å². The average molecular weight is 288 g/mol. The summed E-state index contributed by atoms with van der Waals surface area (Å²) in [5.74, 6) is 0.908. The van der Waals surface area contributed by atoms with Crippen LogP contribution in [0.25, 0.3) is 0 Å². The summed E-state index contributed by atoms with van der Waals surface area (Å²) in [5, 5.41) is 3.49. The lowest BCUT2D eigenvalue weighted by Crippen LogP contribution is -2.32. The van der Waals surface area contributed by atoms with Crippen molar-refractivity contribution in [1.29, 1.82) is 0 Å². The van der Waals surface area contributed by atoms with E-state index in [2.05, 4.69) is 69.2 Å². The third kappa shape index (κ3) is 4.31. The SMILES string of the molecule is CCC1CCN(CC(NC)c2ccc(C(C)(C)C)cc2)C1. The number of likely N-dealkylation sites (N-methyl/N-ethyl adjacent to an activating group) is 1. The first kappa shape index (κ1) is 16.5. The van der Waals surface area contributed by atoms with Crippen LogP contribution in [0.15, 0.2) is 24.3 Å². The Morgan fingerprint density at radius 2 is 1.90 bits per heavy atom. The number of hydrogen-bond donors (Lipinski definition) is 1. The van der Waals surface area contributed by atoms with Crippen molar-refractivity contribution >= 4 is 0 Å². The molecule has 2 atom stereocenters. The molecule has 0 spiro atoms. The zero-order valence-electron chi connectivity index (χ0n) is 14.4. The van der Waals surface area contributed by atoms with E-state index in [1.54, 1.807) is 0 Å². The fraction of sp³-hybridized carbons (Fsp3) is 0.684. The summed E-state index contributed by atoms with van der Waals surface area (Å²) >= 11 is 0. The molecule has 0 saturated carbocycles. The molecule has 1 aromatic rings. The summed E-state index contributed by atoms with van der Waals surface area (Å²) in [6, 6.07) is 9.62. The van der Waals surface area contributed by atoms with Crippen molar-refractivity contribution in [2.45, 2.75) is 52.0 Å². The maximum Gasteiger partial charge on any atom is 0.0446 e. The molecule has 118 valence electrons. The van der Waals surface area contributed by atoms with Crippen LogP contribution >= 0.6 is 0 Å². The van der Waals surface area contributed by atoms with E-state index < -0.39 is 0 Å². The van der Waals surface area contributed by atoms with E-state index in [1.807, 2.05) is 0 Å². The third-order valence-electron chi connectivity index (χ3n) is 4.92.